The Kier molecular flexibility index (Phi) is 3.68. The van der Waals surface area contributed by atoms with E-state index in [1.54, 1.807) is 0 Å². The van der Waals surface area contributed by atoms with Crippen LogP contribution in [0.25, 0.3) is 0 Å². The highest BCUT2D eigenvalue weighted by Crippen LogP contribution is 2.41. The molecule has 0 radical (unpaired) electrons. The first-order valence-corrected chi connectivity index (χ1v) is 4.94. The van der Waals surface area contributed by atoms with Crippen LogP contribution in [0.3, 0.4) is 0 Å². The van der Waals surface area contributed by atoms with E-state index in [9.17, 15) is 23.1 Å². The van der Waals surface area contributed by atoms with Gasteiger partial charge in [-0.2, -0.15) is 13.2 Å². The van der Waals surface area contributed by atoms with E-state index in [1.807, 2.05) is 0 Å². The van der Waals surface area contributed by atoms with Gasteiger partial charge in [0.25, 0.3) is 0 Å². The molecule has 0 saturated heterocycles. The van der Waals surface area contributed by atoms with E-state index in [1.165, 1.54) is 0 Å². The van der Waals surface area contributed by atoms with Gasteiger partial charge in [0.15, 0.2) is 6.10 Å². The Morgan fingerprint density at radius 2 is 1.88 bits per heavy atom. The number of halogens is 4. The molecule has 0 spiro atoms. The lowest BCUT2D eigenvalue weighted by Gasteiger charge is -2.14. The van der Waals surface area contributed by atoms with Gasteiger partial charge < -0.3 is 15.3 Å². The molecule has 0 aliphatic carbocycles. The summed E-state index contributed by atoms with van der Waals surface area (Å²) in [5.74, 6) is -2.74. The number of hydrogen-bond donors (Lipinski definition) is 3. The van der Waals surface area contributed by atoms with Crippen molar-refractivity contribution in [3.63, 3.8) is 0 Å². The maximum atomic E-state index is 12.5. The van der Waals surface area contributed by atoms with Gasteiger partial charge in [-0.05, 0) is 33.6 Å². The average molecular weight is 315 g/mol. The minimum atomic E-state index is -4.85. The molecule has 4 nitrogen and oxygen atoms in total. The normalized spacial score (nSPS) is 13.5. The Bertz CT molecular complexity index is 458. The third-order valence-electron chi connectivity index (χ3n) is 1.94. The van der Waals surface area contributed by atoms with Crippen LogP contribution in [-0.2, 0) is 11.0 Å². The van der Waals surface area contributed by atoms with Gasteiger partial charge in [0.2, 0.25) is 0 Å². The predicted octanol–water partition coefficient (Wildman–Crippen LogP) is 2.29. The highest BCUT2D eigenvalue weighted by Gasteiger charge is 2.36. The number of aliphatic hydroxyl groups is 1. The fraction of sp³-hybridized carbons (Fsp3) is 0.222. The van der Waals surface area contributed by atoms with Gasteiger partial charge in [0.1, 0.15) is 5.75 Å². The van der Waals surface area contributed by atoms with Gasteiger partial charge >= 0.3 is 12.1 Å². The number of phenols is 1. The van der Waals surface area contributed by atoms with E-state index in [2.05, 4.69) is 15.9 Å². The minimum absolute atomic E-state index is 0.345. The fourth-order valence-corrected chi connectivity index (χ4v) is 1.61. The van der Waals surface area contributed by atoms with Gasteiger partial charge in [-0.25, -0.2) is 4.79 Å². The SMILES string of the molecule is O=C(O)C(O)c1cc(Br)c(O)c(C(F)(F)F)c1. The zero-order chi connectivity index (χ0) is 13.4. The molecule has 1 aromatic rings. The van der Waals surface area contributed by atoms with Crippen LogP contribution in [0.4, 0.5) is 13.2 Å². The summed E-state index contributed by atoms with van der Waals surface area (Å²) in [6, 6.07) is 1.29. The van der Waals surface area contributed by atoms with Gasteiger partial charge in [0.05, 0.1) is 10.0 Å². The molecular formula is C9H6BrF3O4. The molecule has 0 aromatic heterocycles. The van der Waals surface area contributed by atoms with Crippen LogP contribution < -0.4 is 0 Å². The molecule has 94 valence electrons. The number of aliphatic carboxylic acids is 1. The molecule has 3 N–H and O–H groups in total. The summed E-state index contributed by atoms with van der Waals surface area (Å²) < 4.78 is 37.0. The molecular weight excluding hydrogens is 309 g/mol. The molecule has 0 heterocycles. The average Bonchev–Trinajstić information content (AvgIpc) is 2.18. The molecule has 0 aliphatic rings. The molecule has 0 saturated carbocycles. The number of carboxylic acids is 1. The van der Waals surface area contributed by atoms with Crippen LogP contribution in [0.2, 0.25) is 0 Å². The Hall–Kier alpha value is -1.28. The highest BCUT2D eigenvalue weighted by atomic mass is 79.9. The van der Waals surface area contributed by atoms with Crippen molar-refractivity contribution in [2.45, 2.75) is 12.3 Å². The molecule has 17 heavy (non-hydrogen) atoms. The summed E-state index contributed by atoms with van der Waals surface area (Å²) in [5, 5.41) is 26.8. The maximum Gasteiger partial charge on any atom is 0.420 e. The molecule has 1 atom stereocenters. The zero-order valence-electron chi connectivity index (χ0n) is 7.99. The highest BCUT2D eigenvalue weighted by molar-refractivity contribution is 9.10. The van der Waals surface area contributed by atoms with E-state index >= 15 is 0 Å². The van der Waals surface area contributed by atoms with E-state index < -0.39 is 35.1 Å². The third kappa shape index (κ3) is 2.89. The van der Waals surface area contributed by atoms with E-state index in [4.69, 9.17) is 10.2 Å². The summed E-state index contributed by atoms with van der Waals surface area (Å²) in [5.41, 5.74) is -1.89. The number of hydrogen-bond acceptors (Lipinski definition) is 3. The fourth-order valence-electron chi connectivity index (χ4n) is 1.14. The lowest BCUT2D eigenvalue weighted by molar-refractivity contribution is -0.147. The van der Waals surface area contributed by atoms with E-state index in [0.29, 0.717) is 6.07 Å². The van der Waals surface area contributed by atoms with E-state index in [0.717, 1.165) is 6.07 Å². The van der Waals surface area contributed by atoms with Crippen LogP contribution in [0.15, 0.2) is 16.6 Å². The Balaban J connectivity index is 3.39. The summed E-state index contributed by atoms with van der Waals surface area (Å²) in [6.07, 6.45) is -6.94. The standard InChI is InChI=1S/C9H6BrF3O4/c10-5-2-3(6(14)8(16)17)1-4(7(5)15)9(11,12)13/h1-2,6,14-15H,(H,16,17). The number of aromatic hydroxyl groups is 1. The maximum absolute atomic E-state index is 12.5. The van der Waals surface area contributed by atoms with Crippen molar-refractivity contribution in [2.24, 2.45) is 0 Å². The number of alkyl halides is 3. The molecule has 0 amide bonds. The summed E-state index contributed by atoms with van der Waals surface area (Å²) >= 11 is 2.65. The van der Waals surface area contributed by atoms with Crippen molar-refractivity contribution < 1.29 is 33.3 Å². The summed E-state index contributed by atoms with van der Waals surface area (Å²) in [4.78, 5) is 10.4. The van der Waals surface area contributed by atoms with Crippen molar-refractivity contribution in [3.05, 3.63) is 27.7 Å². The van der Waals surface area contributed by atoms with Crippen molar-refractivity contribution >= 4 is 21.9 Å². The van der Waals surface area contributed by atoms with Crippen LogP contribution in [-0.4, -0.2) is 21.3 Å². The third-order valence-corrected chi connectivity index (χ3v) is 2.55. The van der Waals surface area contributed by atoms with Crippen LogP contribution in [0, 0.1) is 0 Å². The number of benzene rings is 1. The summed E-state index contributed by atoms with van der Waals surface area (Å²) in [7, 11) is 0. The van der Waals surface area contributed by atoms with Crippen LogP contribution in [0.1, 0.15) is 17.2 Å². The molecule has 1 aromatic carbocycles. The quantitative estimate of drug-likeness (QED) is 0.782. The molecule has 1 rings (SSSR count). The number of carbonyl (C=O) groups is 1. The second-order valence-corrected chi connectivity index (χ2v) is 3.99. The molecule has 8 heteroatoms. The minimum Gasteiger partial charge on any atom is -0.506 e. The lowest BCUT2D eigenvalue weighted by Crippen LogP contribution is -2.13. The predicted molar refractivity (Wildman–Crippen MR) is 53.4 cm³/mol. The smallest absolute Gasteiger partial charge is 0.420 e. The van der Waals surface area contributed by atoms with Crippen LogP contribution in [0.5, 0.6) is 5.75 Å². The van der Waals surface area contributed by atoms with Crippen molar-refractivity contribution in [2.75, 3.05) is 0 Å². The summed E-state index contributed by atoms with van der Waals surface area (Å²) in [6.45, 7) is 0. The Morgan fingerprint density at radius 1 is 1.35 bits per heavy atom. The van der Waals surface area contributed by atoms with Crippen molar-refractivity contribution in [3.8, 4) is 5.75 Å². The van der Waals surface area contributed by atoms with Gasteiger partial charge in [-0.1, -0.05) is 0 Å². The first-order chi connectivity index (χ1) is 7.64. The number of aliphatic hydroxyl groups excluding tert-OH is 1. The van der Waals surface area contributed by atoms with Crippen molar-refractivity contribution in [1.82, 2.24) is 0 Å². The molecule has 1 unspecified atom stereocenters. The topological polar surface area (TPSA) is 77.8 Å². The number of phenolic OH excluding ortho intramolecular Hbond substituents is 1. The van der Waals surface area contributed by atoms with Crippen molar-refractivity contribution in [1.29, 1.82) is 0 Å². The largest absolute Gasteiger partial charge is 0.506 e. The Morgan fingerprint density at radius 3 is 2.29 bits per heavy atom. The van der Waals surface area contributed by atoms with Gasteiger partial charge in [-0.3, -0.25) is 0 Å². The molecule has 0 fully saturated rings. The van der Waals surface area contributed by atoms with Gasteiger partial charge in [0, 0.05) is 0 Å². The second kappa shape index (κ2) is 4.53. The van der Waals surface area contributed by atoms with Crippen LogP contribution >= 0.6 is 15.9 Å². The van der Waals surface area contributed by atoms with Gasteiger partial charge in [-0.15, -0.1) is 0 Å². The number of carboxylic acid groups (broad SMARTS) is 1. The second-order valence-electron chi connectivity index (χ2n) is 3.14. The first-order valence-electron chi connectivity index (χ1n) is 4.15. The monoisotopic (exact) mass is 314 g/mol. The molecule has 0 bridgehead atoms. The first kappa shape index (κ1) is 13.8. The zero-order valence-corrected chi connectivity index (χ0v) is 9.58. The Labute approximate surface area is 101 Å². The lowest BCUT2D eigenvalue weighted by atomic mass is 10.0. The molecule has 0 aliphatic heterocycles. The van der Waals surface area contributed by atoms with E-state index in [-0.39, 0.29) is 4.47 Å². The number of rotatable bonds is 2.